The lowest BCUT2D eigenvalue weighted by molar-refractivity contribution is 0.627. The molecule has 0 spiro atoms. The summed E-state index contributed by atoms with van der Waals surface area (Å²) in [6, 6.07) is 10.1. The normalized spacial score (nSPS) is 9.75. The van der Waals surface area contributed by atoms with Crippen LogP contribution in [0.5, 0.6) is 0 Å². The second-order valence-corrected chi connectivity index (χ2v) is 4.31. The summed E-state index contributed by atoms with van der Waals surface area (Å²) in [5.41, 5.74) is 0.957. The molecule has 0 saturated heterocycles. The molecule has 4 heteroatoms. The van der Waals surface area contributed by atoms with E-state index >= 15 is 0 Å². The number of benzene rings is 1. The number of hydrogen-bond donors (Lipinski definition) is 1. The van der Waals surface area contributed by atoms with Gasteiger partial charge in [0, 0.05) is 17.1 Å². The van der Waals surface area contributed by atoms with Crippen molar-refractivity contribution < 1.29 is 4.39 Å². The lowest BCUT2D eigenvalue weighted by Crippen LogP contribution is -1.98. The van der Waals surface area contributed by atoms with Crippen LogP contribution in [0.1, 0.15) is 10.4 Å². The van der Waals surface area contributed by atoms with E-state index in [0.717, 1.165) is 0 Å². The van der Waals surface area contributed by atoms with E-state index in [9.17, 15) is 4.39 Å². The molecule has 0 radical (unpaired) electrons. The van der Waals surface area contributed by atoms with Gasteiger partial charge < -0.3 is 5.32 Å². The fraction of sp³-hybridized carbons (Fsp3) is 0.0833. The number of rotatable bonds is 3. The first-order valence-corrected chi connectivity index (χ1v) is 5.63. The maximum Gasteiger partial charge on any atom is 0.126 e. The van der Waals surface area contributed by atoms with Gasteiger partial charge >= 0.3 is 0 Å². The number of anilines is 1. The Morgan fingerprint density at radius 2 is 2.25 bits per heavy atom. The Morgan fingerprint density at radius 1 is 1.38 bits per heavy atom. The van der Waals surface area contributed by atoms with Crippen molar-refractivity contribution >= 4 is 17.0 Å². The highest BCUT2D eigenvalue weighted by Gasteiger charge is 2.00. The highest BCUT2D eigenvalue weighted by molar-refractivity contribution is 7.09. The fourth-order valence-corrected chi connectivity index (χ4v) is 2.00. The van der Waals surface area contributed by atoms with Crippen molar-refractivity contribution in [2.24, 2.45) is 0 Å². The molecule has 1 N–H and O–H groups in total. The molecule has 80 valence electrons. The zero-order valence-corrected chi connectivity index (χ0v) is 9.22. The molecule has 0 atom stereocenters. The number of halogens is 1. The molecule has 1 heterocycles. The van der Waals surface area contributed by atoms with E-state index in [1.54, 1.807) is 17.4 Å². The van der Waals surface area contributed by atoms with Gasteiger partial charge in [-0.05, 0) is 29.6 Å². The smallest absolute Gasteiger partial charge is 0.126 e. The summed E-state index contributed by atoms with van der Waals surface area (Å²) >= 11 is 1.64. The van der Waals surface area contributed by atoms with Crippen LogP contribution in [0.25, 0.3) is 0 Å². The molecule has 2 rings (SSSR count). The molecule has 16 heavy (non-hydrogen) atoms. The molecule has 0 bridgehead atoms. The van der Waals surface area contributed by atoms with Crippen molar-refractivity contribution in [3.05, 3.63) is 52.0 Å². The lowest BCUT2D eigenvalue weighted by atomic mass is 10.2. The second-order valence-electron chi connectivity index (χ2n) is 3.27. The number of nitrogens with zero attached hydrogens (tertiary/aromatic N) is 1. The molecular weight excluding hydrogens is 223 g/mol. The predicted molar refractivity (Wildman–Crippen MR) is 62.8 cm³/mol. The summed E-state index contributed by atoms with van der Waals surface area (Å²) in [4.78, 5) is 1.17. The van der Waals surface area contributed by atoms with Crippen LogP contribution in [0.3, 0.4) is 0 Å². The minimum absolute atomic E-state index is 0.327. The number of nitriles is 1. The van der Waals surface area contributed by atoms with Crippen molar-refractivity contribution in [1.82, 2.24) is 0 Å². The molecule has 0 aliphatic rings. The molecule has 0 amide bonds. The summed E-state index contributed by atoms with van der Waals surface area (Å²) in [6.45, 7) is 0.645. The van der Waals surface area contributed by atoms with Gasteiger partial charge in [0.15, 0.2) is 0 Å². The van der Waals surface area contributed by atoms with E-state index in [4.69, 9.17) is 5.26 Å². The monoisotopic (exact) mass is 232 g/mol. The van der Waals surface area contributed by atoms with Gasteiger partial charge in [-0.2, -0.15) is 5.26 Å². The molecule has 1 aromatic heterocycles. The van der Waals surface area contributed by atoms with E-state index in [-0.39, 0.29) is 0 Å². The van der Waals surface area contributed by atoms with Crippen LogP contribution >= 0.6 is 11.3 Å². The standard InChI is InChI=1S/C12H9FN2S/c13-10-4-9(7-14)5-11(6-10)15-8-12-2-1-3-16-12/h1-6,15H,8H2. The van der Waals surface area contributed by atoms with Crippen molar-refractivity contribution in [2.45, 2.75) is 6.54 Å². The van der Waals surface area contributed by atoms with Gasteiger partial charge in [-0.3, -0.25) is 0 Å². The summed E-state index contributed by atoms with van der Waals surface area (Å²) in [7, 11) is 0. The number of hydrogen-bond acceptors (Lipinski definition) is 3. The minimum atomic E-state index is -0.396. The Morgan fingerprint density at radius 3 is 2.94 bits per heavy atom. The van der Waals surface area contributed by atoms with E-state index < -0.39 is 5.82 Å². The largest absolute Gasteiger partial charge is 0.380 e. The maximum atomic E-state index is 13.1. The molecule has 0 saturated carbocycles. The third-order valence-electron chi connectivity index (χ3n) is 2.07. The first kappa shape index (κ1) is 10.7. The van der Waals surface area contributed by atoms with Crippen molar-refractivity contribution in [3.8, 4) is 6.07 Å². The zero-order valence-electron chi connectivity index (χ0n) is 8.40. The number of nitrogens with one attached hydrogen (secondary N) is 1. The summed E-state index contributed by atoms with van der Waals surface area (Å²) < 4.78 is 13.1. The topological polar surface area (TPSA) is 35.8 Å². The van der Waals surface area contributed by atoms with Crippen molar-refractivity contribution in [2.75, 3.05) is 5.32 Å². The van der Waals surface area contributed by atoms with Crippen molar-refractivity contribution in [1.29, 1.82) is 5.26 Å². The van der Waals surface area contributed by atoms with E-state index in [2.05, 4.69) is 5.32 Å². The van der Waals surface area contributed by atoms with Crippen LogP contribution in [0.15, 0.2) is 35.7 Å². The van der Waals surface area contributed by atoms with Crippen LogP contribution in [-0.2, 0) is 6.54 Å². The summed E-state index contributed by atoms with van der Waals surface area (Å²) in [5.74, 6) is -0.396. The molecular formula is C12H9FN2S. The van der Waals surface area contributed by atoms with E-state index in [1.807, 2.05) is 23.6 Å². The average Bonchev–Trinajstić information content (AvgIpc) is 2.78. The van der Waals surface area contributed by atoms with Crippen LogP contribution in [-0.4, -0.2) is 0 Å². The van der Waals surface area contributed by atoms with E-state index in [1.165, 1.54) is 17.0 Å². The quantitative estimate of drug-likeness (QED) is 0.880. The van der Waals surface area contributed by atoms with Gasteiger partial charge in [-0.1, -0.05) is 6.07 Å². The summed E-state index contributed by atoms with van der Waals surface area (Å²) in [6.07, 6.45) is 0. The molecule has 0 aliphatic carbocycles. The van der Waals surface area contributed by atoms with Gasteiger partial charge in [0.05, 0.1) is 11.6 Å². The van der Waals surface area contributed by atoms with Gasteiger partial charge in [-0.15, -0.1) is 11.3 Å². The maximum absolute atomic E-state index is 13.1. The van der Waals surface area contributed by atoms with Crippen LogP contribution in [0.4, 0.5) is 10.1 Å². The van der Waals surface area contributed by atoms with Crippen LogP contribution in [0.2, 0.25) is 0 Å². The lowest BCUT2D eigenvalue weighted by Gasteiger charge is -2.05. The van der Waals surface area contributed by atoms with Crippen molar-refractivity contribution in [3.63, 3.8) is 0 Å². The predicted octanol–water partition coefficient (Wildman–Crippen LogP) is 3.37. The Hall–Kier alpha value is -1.86. The first-order chi connectivity index (χ1) is 7.78. The average molecular weight is 232 g/mol. The Balaban J connectivity index is 2.10. The Labute approximate surface area is 97.0 Å². The molecule has 0 unspecified atom stereocenters. The summed E-state index contributed by atoms with van der Waals surface area (Å²) in [5, 5.41) is 13.8. The SMILES string of the molecule is N#Cc1cc(F)cc(NCc2cccs2)c1. The first-order valence-electron chi connectivity index (χ1n) is 4.75. The van der Waals surface area contributed by atoms with Gasteiger partial charge in [0.25, 0.3) is 0 Å². The van der Waals surface area contributed by atoms with Gasteiger partial charge in [-0.25, -0.2) is 4.39 Å². The number of thiophene rings is 1. The molecule has 2 aromatic rings. The zero-order chi connectivity index (χ0) is 11.4. The Kier molecular flexibility index (Phi) is 3.18. The molecule has 0 aliphatic heterocycles. The molecule has 0 fully saturated rings. The Bertz CT molecular complexity index is 514. The van der Waals surface area contributed by atoms with Crippen LogP contribution < -0.4 is 5.32 Å². The minimum Gasteiger partial charge on any atom is -0.380 e. The second kappa shape index (κ2) is 4.77. The van der Waals surface area contributed by atoms with Gasteiger partial charge in [0.2, 0.25) is 0 Å². The highest BCUT2D eigenvalue weighted by atomic mass is 32.1. The molecule has 1 aromatic carbocycles. The third-order valence-corrected chi connectivity index (χ3v) is 2.95. The highest BCUT2D eigenvalue weighted by Crippen LogP contribution is 2.16. The third kappa shape index (κ3) is 2.59. The van der Waals surface area contributed by atoms with Crippen LogP contribution in [0, 0.1) is 17.1 Å². The molecule has 2 nitrogen and oxygen atoms in total. The fourth-order valence-electron chi connectivity index (χ4n) is 1.36. The van der Waals surface area contributed by atoms with E-state index in [0.29, 0.717) is 17.8 Å². The van der Waals surface area contributed by atoms with Gasteiger partial charge in [0.1, 0.15) is 5.82 Å².